The van der Waals surface area contributed by atoms with Crippen molar-refractivity contribution >= 4 is 17.8 Å². The van der Waals surface area contributed by atoms with Gasteiger partial charge in [-0.3, -0.25) is 14.4 Å². The molecule has 0 saturated carbocycles. The molecular formula is C12H22N2O4. The summed E-state index contributed by atoms with van der Waals surface area (Å²) in [4.78, 5) is 34.5. The second kappa shape index (κ2) is 8.49. The van der Waals surface area contributed by atoms with Crippen molar-refractivity contribution in [2.45, 2.75) is 33.1 Å². The third-order valence-electron chi connectivity index (χ3n) is 2.34. The number of hydrogen-bond donors (Lipinski definition) is 2. The van der Waals surface area contributed by atoms with E-state index in [4.69, 9.17) is 5.11 Å². The number of aliphatic carboxylic acids is 1. The Bertz CT molecular complexity index is 302. The summed E-state index contributed by atoms with van der Waals surface area (Å²) in [5, 5.41) is 11.1. The molecule has 0 aliphatic heterocycles. The second-order valence-electron chi connectivity index (χ2n) is 4.66. The van der Waals surface area contributed by atoms with Crippen LogP contribution in [0.15, 0.2) is 0 Å². The van der Waals surface area contributed by atoms with Gasteiger partial charge in [-0.1, -0.05) is 13.8 Å². The SMILES string of the molecule is CC(C)CC(=O)NCCC(=O)N(C)CCC(=O)O. The van der Waals surface area contributed by atoms with E-state index in [1.807, 2.05) is 13.8 Å². The summed E-state index contributed by atoms with van der Waals surface area (Å²) in [6.07, 6.45) is 0.574. The van der Waals surface area contributed by atoms with Gasteiger partial charge in [-0.2, -0.15) is 0 Å². The van der Waals surface area contributed by atoms with E-state index < -0.39 is 5.97 Å². The normalized spacial score (nSPS) is 10.2. The van der Waals surface area contributed by atoms with Gasteiger partial charge >= 0.3 is 5.97 Å². The maximum atomic E-state index is 11.5. The number of amides is 2. The van der Waals surface area contributed by atoms with Gasteiger partial charge in [0.15, 0.2) is 0 Å². The summed E-state index contributed by atoms with van der Waals surface area (Å²) in [5.41, 5.74) is 0. The highest BCUT2D eigenvalue weighted by molar-refractivity contribution is 5.79. The van der Waals surface area contributed by atoms with Crippen molar-refractivity contribution in [2.24, 2.45) is 5.92 Å². The molecule has 104 valence electrons. The predicted octanol–water partition coefficient (Wildman–Crippen LogP) is 0.472. The Balaban J connectivity index is 3.75. The summed E-state index contributed by atoms with van der Waals surface area (Å²) < 4.78 is 0. The molecule has 0 aliphatic rings. The number of nitrogens with zero attached hydrogens (tertiary/aromatic N) is 1. The molecule has 0 aromatic carbocycles. The Labute approximate surface area is 107 Å². The lowest BCUT2D eigenvalue weighted by Gasteiger charge is -2.16. The molecule has 0 radical (unpaired) electrons. The van der Waals surface area contributed by atoms with Crippen LogP contribution in [0.2, 0.25) is 0 Å². The minimum atomic E-state index is -0.931. The van der Waals surface area contributed by atoms with Crippen molar-refractivity contribution in [3.05, 3.63) is 0 Å². The third-order valence-corrected chi connectivity index (χ3v) is 2.34. The Morgan fingerprint density at radius 1 is 1.22 bits per heavy atom. The van der Waals surface area contributed by atoms with Crippen molar-refractivity contribution in [3.8, 4) is 0 Å². The van der Waals surface area contributed by atoms with Crippen LogP contribution >= 0.6 is 0 Å². The van der Waals surface area contributed by atoms with E-state index in [1.54, 1.807) is 7.05 Å². The summed E-state index contributed by atoms with van der Waals surface area (Å²) >= 11 is 0. The van der Waals surface area contributed by atoms with Crippen molar-refractivity contribution in [3.63, 3.8) is 0 Å². The molecule has 0 fully saturated rings. The fourth-order valence-electron chi connectivity index (χ4n) is 1.33. The Hall–Kier alpha value is -1.59. The van der Waals surface area contributed by atoms with E-state index in [9.17, 15) is 14.4 Å². The highest BCUT2D eigenvalue weighted by atomic mass is 16.4. The molecule has 0 spiro atoms. The van der Waals surface area contributed by atoms with E-state index in [-0.39, 0.29) is 31.2 Å². The molecule has 18 heavy (non-hydrogen) atoms. The van der Waals surface area contributed by atoms with Crippen LogP contribution in [0.25, 0.3) is 0 Å². The molecular weight excluding hydrogens is 236 g/mol. The molecule has 2 N–H and O–H groups in total. The molecule has 0 atom stereocenters. The molecule has 0 heterocycles. The van der Waals surface area contributed by atoms with Crippen molar-refractivity contribution in [1.82, 2.24) is 10.2 Å². The van der Waals surface area contributed by atoms with Gasteiger partial charge in [-0.05, 0) is 5.92 Å². The first-order chi connectivity index (χ1) is 8.32. The molecule has 0 rings (SSSR count). The molecule has 0 aromatic heterocycles. The van der Waals surface area contributed by atoms with E-state index in [0.717, 1.165) is 0 Å². The van der Waals surface area contributed by atoms with Gasteiger partial charge in [0.1, 0.15) is 0 Å². The molecule has 2 amide bonds. The highest BCUT2D eigenvalue weighted by Gasteiger charge is 2.11. The fourth-order valence-corrected chi connectivity index (χ4v) is 1.33. The van der Waals surface area contributed by atoms with Gasteiger partial charge in [0.2, 0.25) is 11.8 Å². The molecule has 0 aliphatic carbocycles. The van der Waals surface area contributed by atoms with Crippen LogP contribution < -0.4 is 5.32 Å². The van der Waals surface area contributed by atoms with Crippen LogP contribution in [0.3, 0.4) is 0 Å². The van der Waals surface area contributed by atoms with Crippen LogP contribution in [-0.2, 0) is 14.4 Å². The van der Waals surface area contributed by atoms with Crippen molar-refractivity contribution in [1.29, 1.82) is 0 Å². The van der Waals surface area contributed by atoms with Gasteiger partial charge in [0.25, 0.3) is 0 Å². The van der Waals surface area contributed by atoms with Gasteiger partial charge in [0, 0.05) is 33.0 Å². The number of carboxylic acids is 1. The lowest BCUT2D eigenvalue weighted by atomic mass is 10.1. The molecule has 0 unspecified atom stereocenters. The Morgan fingerprint density at radius 3 is 2.33 bits per heavy atom. The topological polar surface area (TPSA) is 86.7 Å². The minimum Gasteiger partial charge on any atom is -0.481 e. The standard InChI is InChI=1S/C12H22N2O4/c1-9(2)8-10(15)13-6-4-11(16)14(3)7-5-12(17)18/h9H,4-8H2,1-3H3,(H,13,15)(H,17,18). The minimum absolute atomic E-state index is 0.0639. The molecule has 6 heteroatoms. The third kappa shape index (κ3) is 8.55. The second-order valence-corrected chi connectivity index (χ2v) is 4.66. The monoisotopic (exact) mass is 258 g/mol. The lowest BCUT2D eigenvalue weighted by Crippen LogP contribution is -2.33. The van der Waals surface area contributed by atoms with E-state index in [2.05, 4.69) is 5.32 Å². The maximum absolute atomic E-state index is 11.5. The van der Waals surface area contributed by atoms with E-state index >= 15 is 0 Å². The van der Waals surface area contributed by atoms with Crippen LogP contribution in [0.5, 0.6) is 0 Å². The van der Waals surface area contributed by atoms with Crippen LogP contribution in [0.1, 0.15) is 33.1 Å². The molecule has 0 bridgehead atoms. The molecule has 6 nitrogen and oxygen atoms in total. The first-order valence-electron chi connectivity index (χ1n) is 6.05. The zero-order valence-corrected chi connectivity index (χ0v) is 11.2. The zero-order valence-electron chi connectivity index (χ0n) is 11.2. The quantitative estimate of drug-likeness (QED) is 0.662. The predicted molar refractivity (Wildman–Crippen MR) is 67.0 cm³/mol. The number of carbonyl (C=O) groups excluding carboxylic acids is 2. The maximum Gasteiger partial charge on any atom is 0.305 e. The summed E-state index contributed by atoms with van der Waals surface area (Å²) in [6, 6.07) is 0. The zero-order chi connectivity index (χ0) is 14.1. The number of nitrogens with one attached hydrogen (secondary N) is 1. The van der Waals surface area contributed by atoms with Crippen LogP contribution in [0.4, 0.5) is 0 Å². The first kappa shape index (κ1) is 16.4. The lowest BCUT2D eigenvalue weighted by molar-refractivity contribution is -0.138. The largest absolute Gasteiger partial charge is 0.481 e. The summed E-state index contributed by atoms with van der Waals surface area (Å²) in [6.45, 7) is 4.38. The van der Waals surface area contributed by atoms with E-state index in [0.29, 0.717) is 18.9 Å². The average molecular weight is 258 g/mol. The summed E-state index contributed by atoms with van der Waals surface area (Å²) in [5.74, 6) is -0.870. The smallest absolute Gasteiger partial charge is 0.305 e. The summed E-state index contributed by atoms with van der Waals surface area (Å²) in [7, 11) is 1.56. The van der Waals surface area contributed by atoms with Crippen molar-refractivity contribution < 1.29 is 19.5 Å². The van der Waals surface area contributed by atoms with Gasteiger partial charge < -0.3 is 15.3 Å². The number of hydrogen-bond acceptors (Lipinski definition) is 3. The van der Waals surface area contributed by atoms with Gasteiger partial charge in [-0.15, -0.1) is 0 Å². The highest BCUT2D eigenvalue weighted by Crippen LogP contribution is 1.98. The fraction of sp³-hybridized carbons (Fsp3) is 0.750. The average Bonchev–Trinajstić information content (AvgIpc) is 2.24. The Morgan fingerprint density at radius 2 is 1.83 bits per heavy atom. The first-order valence-corrected chi connectivity index (χ1v) is 6.05. The number of carboxylic acid groups (broad SMARTS) is 1. The number of carbonyl (C=O) groups is 3. The number of rotatable bonds is 8. The van der Waals surface area contributed by atoms with Crippen LogP contribution in [-0.4, -0.2) is 47.9 Å². The van der Waals surface area contributed by atoms with Crippen molar-refractivity contribution in [2.75, 3.05) is 20.1 Å². The van der Waals surface area contributed by atoms with Gasteiger partial charge in [0.05, 0.1) is 6.42 Å². The Kier molecular flexibility index (Phi) is 7.74. The molecule has 0 saturated heterocycles. The van der Waals surface area contributed by atoms with E-state index in [1.165, 1.54) is 4.90 Å². The van der Waals surface area contributed by atoms with Crippen LogP contribution in [0, 0.1) is 5.92 Å². The van der Waals surface area contributed by atoms with Gasteiger partial charge in [-0.25, -0.2) is 0 Å². The molecule has 0 aromatic rings.